The third kappa shape index (κ3) is 4.27. The van der Waals surface area contributed by atoms with Crippen LogP contribution in [0, 0.1) is 0 Å². The molecule has 1 aliphatic carbocycles. The number of halogens is 3. The van der Waals surface area contributed by atoms with E-state index in [4.69, 9.17) is 9.47 Å². The van der Waals surface area contributed by atoms with Crippen LogP contribution >= 0.6 is 0 Å². The molecule has 1 aromatic heterocycles. The number of nitrogens with one attached hydrogen (secondary N) is 1. The van der Waals surface area contributed by atoms with Crippen LogP contribution in [0.15, 0.2) is 23.1 Å². The van der Waals surface area contributed by atoms with Gasteiger partial charge < -0.3 is 9.47 Å². The topological polar surface area (TPSA) is 82.5 Å². The molecule has 0 atom stereocenters. The molecule has 2 aliphatic rings. The van der Waals surface area contributed by atoms with Crippen LogP contribution in [0.2, 0.25) is 0 Å². The minimum Gasteiger partial charge on any atom is -0.490 e. The number of hydrogen-bond acceptors (Lipinski definition) is 5. The van der Waals surface area contributed by atoms with E-state index in [2.05, 4.69) is 9.82 Å². The quantitative estimate of drug-likeness (QED) is 0.765. The maximum absolute atomic E-state index is 13.3. The number of ether oxygens (including phenoxy) is 2. The van der Waals surface area contributed by atoms with Crippen LogP contribution in [0.4, 0.5) is 13.2 Å². The van der Waals surface area contributed by atoms with Gasteiger partial charge in [0.05, 0.1) is 24.7 Å². The first-order valence-corrected chi connectivity index (χ1v) is 11.3. The SMILES string of the molecule is O=S(=O)(NCCn1nc(C(F)(F)F)c2c1CCCC2)c1ccc2c(c1)OCCCO2. The monoisotopic (exact) mass is 445 g/mol. The van der Waals surface area contributed by atoms with Gasteiger partial charge in [-0.3, -0.25) is 4.68 Å². The second-order valence-corrected chi connectivity index (χ2v) is 9.03. The van der Waals surface area contributed by atoms with Crippen molar-refractivity contribution in [2.24, 2.45) is 0 Å². The van der Waals surface area contributed by atoms with Crippen molar-refractivity contribution in [1.82, 2.24) is 14.5 Å². The average molecular weight is 445 g/mol. The molecule has 30 heavy (non-hydrogen) atoms. The highest BCUT2D eigenvalue weighted by atomic mass is 32.2. The van der Waals surface area contributed by atoms with Gasteiger partial charge in [0.25, 0.3) is 0 Å². The number of hydrogen-bond donors (Lipinski definition) is 1. The lowest BCUT2D eigenvalue weighted by atomic mass is 9.95. The number of aromatic nitrogens is 2. The predicted molar refractivity (Wildman–Crippen MR) is 101 cm³/mol. The van der Waals surface area contributed by atoms with Gasteiger partial charge in [0.2, 0.25) is 10.0 Å². The summed E-state index contributed by atoms with van der Waals surface area (Å²) in [6.45, 7) is 0.853. The molecule has 0 saturated carbocycles. The van der Waals surface area contributed by atoms with Crippen LogP contribution in [-0.4, -0.2) is 38.0 Å². The lowest BCUT2D eigenvalue weighted by molar-refractivity contribution is -0.142. The number of sulfonamides is 1. The predicted octanol–water partition coefficient (Wildman–Crippen LogP) is 2.92. The first kappa shape index (κ1) is 21.0. The Morgan fingerprint density at radius 1 is 1.07 bits per heavy atom. The minimum atomic E-state index is -4.52. The Balaban J connectivity index is 1.48. The molecule has 1 aliphatic heterocycles. The van der Waals surface area contributed by atoms with Crippen molar-refractivity contribution < 1.29 is 31.1 Å². The lowest BCUT2D eigenvalue weighted by Crippen LogP contribution is -2.28. The van der Waals surface area contributed by atoms with Gasteiger partial charge >= 0.3 is 6.18 Å². The van der Waals surface area contributed by atoms with Crippen LogP contribution in [0.25, 0.3) is 0 Å². The Morgan fingerprint density at radius 3 is 2.57 bits per heavy atom. The van der Waals surface area contributed by atoms with E-state index < -0.39 is 21.9 Å². The lowest BCUT2D eigenvalue weighted by Gasteiger charge is -2.15. The standard InChI is InChI=1S/C19H22F3N3O4S/c20-19(21,22)18-14-4-1-2-5-15(14)25(24-18)9-8-23-30(26,27)13-6-7-16-17(12-13)29-11-3-10-28-16/h6-7,12,23H,1-5,8-11H2. The molecular formula is C19H22F3N3O4S. The van der Waals surface area contributed by atoms with Crippen molar-refractivity contribution in [1.29, 1.82) is 0 Å². The summed E-state index contributed by atoms with van der Waals surface area (Å²) < 4.78 is 79.8. The first-order valence-electron chi connectivity index (χ1n) is 9.81. The van der Waals surface area contributed by atoms with Gasteiger partial charge in [-0.05, 0) is 37.8 Å². The van der Waals surface area contributed by atoms with E-state index in [1.807, 2.05) is 0 Å². The highest BCUT2D eigenvalue weighted by Crippen LogP contribution is 2.36. The fourth-order valence-electron chi connectivity index (χ4n) is 3.76. The van der Waals surface area contributed by atoms with E-state index in [0.29, 0.717) is 56.1 Å². The third-order valence-electron chi connectivity index (χ3n) is 5.17. The van der Waals surface area contributed by atoms with Crippen LogP contribution in [0.3, 0.4) is 0 Å². The van der Waals surface area contributed by atoms with Gasteiger partial charge in [-0.25, -0.2) is 13.1 Å². The molecule has 1 aromatic carbocycles. The Hall–Kier alpha value is -2.27. The molecule has 0 unspecified atom stereocenters. The smallest absolute Gasteiger partial charge is 0.435 e. The van der Waals surface area contributed by atoms with E-state index in [0.717, 1.165) is 6.42 Å². The number of benzene rings is 1. The van der Waals surface area contributed by atoms with E-state index in [1.54, 1.807) is 0 Å². The molecule has 0 spiro atoms. The molecule has 0 fully saturated rings. The zero-order chi connectivity index (χ0) is 21.4. The summed E-state index contributed by atoms with van der Waals surface area (Å²) in [6, 6.07) is 4.34. The van der Waals surface area contributed by atoms with Crippen molar-refractivity contribution in [2.45, 2.75) is 49.7 Å². The van der Waals surface area contributed by atoms with Gasteiger partial charge in [-0.15, -0.1) is 0 Å². The van der Waals surface area contributed by atoms with E-state index >= 15 is 0 Å². The molecule has 164 valence electrons. The van der Waals surface area contributed by atoms with Gasteiger partial charge in [0.15, 0.2) is 17.2 Å². The molecule has 2 heterocycles. The Labute approximate surface area is 172 Å². The number of rotatable bonds is 5. The second-order valence-electron chi connectivity index (χ2n) is 7.26. The van der Waals surface area contributed by atoms with Crippen molar-refractivity contribution in [3.8, 4) is 11.5 Å². The Kier molecular flexibility index (Phi) is 5.67. The molecule has 0 amide bonds. The fourth-order valence-corrected chi connectivity index (χ4v) is 4.80. The van der Waals surface area contributed by atoms with Crippen molar-refractivity contribution >= 4 is 10.0 Å². The number of nitrogens with zero attached hydrogens (tertiary/aromatic N) is 2. The summed E-state index contributed by atoms with van der Waals surface area (Å²) in [5.41, 5.74) is -0.0779. The zero-order valence-electron chi connectivity index (χ0n) is 16.2. The summed E-state index contributed by atoms with van der Waals surface area (Å²) in [6.07, 6.45) is -1.49. The molecule has 0 saturated heterocycles. The minimum absolute atomic E-state index is 0.00484. The zero-order valence-corrected chi connectivity index (χ0v) is 17.0. The molecule has 2 aromatic rings. The summed E-state index contributed by atoms with van der Waals surface area (Å²) in [5, 5.41) is 3.74. The van der Waals surface area contributed by atoms with Gasteiger partial charge in [-0.1, -0.05) is 0 Å². The molecule has 11 heteroatoms. The Morgan fingerprint density at radius 2 is 1.80 bits per heavy atom. The third-order valence-corrected chi connectivity index (χ3v) is 6.63. The fraction of sp³-hybridized carbons (Fsp3) is 0.526. The van der Waals surface area contributed by atoms with E-state index in [1.165, 1.54) is 22.9 Å². The molecule has 7 nitrogen and oxygen atoms in total. The van der Waals surface area contributed by atoms with Gasteiger partial charge in [0.1, 0.15) is 0 Å². The van der Waals surface area contributed by atoms with Crippen molar-refractivity contribution in [3.63, 3.8) is 0 Å². The van der Waals surface area contributed by atoms with Crippen LogP contribution in [-0.2, 0) is 35.6 Å². The van der Waals surface area contributed by atoms with E-state index in [-0.39, 0.29) is 23.5 Å². The summed E-state index contributed by atoms with van der Waals surface area (Å²) in [7, 11) is -3.87. The van der Waals surface area contributed by atoms with Gasteiger partial charge in [-0.2, -0.15) is 18.3 Å². The normalized spacial score (nSPS) is 16.8. The highest BCUT2D eigenvalue weighted by Gasteiger charge is 2.39. The van der Waals surface area contributed by atoms with Crippen molar-refractivity contribution in [2.75, 3.05) is 19.8 Å². The second kappa shape index (κ2) is 8.10. The van der Waals surface area contributed by atoms with Crippen LogP contribution in [0.1, 0.15) is 36.2 Å². The maximum Gasteiger partial charge on any atom is 0.435 e. The molecular weight excluding hydrogens is 423 g/mol. The first-order chi connectivity index (χ1) is 14.3. The summed E-state index contributed by atoms with van der Waals surface area (Å²) in [5.74, 6) is 0.834. The van der Waals surface area contributed by atoms with Gasteiger partial charge in [0, 0.05) is 30.3 Å². The molecule has 1 N–H and O–H groups in total. The van der Waals surface area contributed by atoms with E-state index in [9.17, 15) is 21.6 Å². The molecule has 0 bridgehead atoms. The van der Waals surface area contributed by atoms with Crippen LogP contribution < -0.4 is 14.2 Å². The van der Waals surface area contributed by atoms with Crippen LogP contribution in [0.5, 0.6) is 11.5 Å². The maximum atomic E-state index is 13.3. The molecule has 4 rings (SSSR count). The summed E-state index contributed by atoms with van der Waals surface area (Å²) >= 11 is 0. The number of fused-ring (bicyclic) bond motifs is 2. The van der Waals surface area contributed by atoms with Crippen molar-refractivity contribution in [3.05, 3.63) is 35.2 Å². The highest BCUT2D eigenvalue weighted by molar-refractivity contribution is 7.89. The summed E-state index contributed by atoms with van der Waals surface area (Å²) in [4.78, 5) is 0.00484. The molecule has 0 radical (unpaired) electrons. The largest absolute Gasteiger partial charge is 0.490 e. The average Bonchev–Trinajstić information content (AvgIpc) is 2.91. The Bertz CT molecular complexity index is 1030. The number of alkyl halides is 3.